The summed E-state index contributed by atoms with van der Waals surface area (Å²) < 4.78 is 25.3. The molecule has 0 N–H and O–H groups in total. The Morgan fingerprint density at radius 3 is 2.48 bits per heavy atom. The third kappa shape index (κ3) is 4.70. The Labute approximate surface area is 147 Å². The first-order valence-electron chi connectivity index (χ1n) is 7.81. The van der Waals surface area contributed by atoms with E-state index in [0.717, 1.165) is 17.0 Å². The summed E-state index contributed by atoms with van der Waals surface area (Å²) in [5, 5.41) is 9.18. The van der Waals surface area contributed by atoms with Crippen LogP contribution in [0.4, 0.5) is 5.69 Å². The lowest BCUT2D eigenvalue weighted by atomic mass is 10.2. The second kappa shape index (κ2) is 7.98. The molecule has 0 aliphatic carbocycles. The van der Waals surface area contributed by atoms with Gasteiger partial charge in [-0.25, -0.2) is 8.42 Å². The van der Waals surface area contributed by atoms with Crippen molar-refractivity contribution in [2.45, 2.75) is 6.42 Å². The van der Waals surface area contributed by atoms with Crippen molar-refractivity contribution in [1.82, 2.24) is 9.80 Å². The lowest BCUT2D eigenvalue weighted by molar-refractivity contribution is -0.134. The summed E-state index contributed by atoms with van der Waals surface area (Å²) in [5.74, 6) is -0.173. The van der Waals surface area contributed by atoms with Gasteiger partial charge in [-0.3, -0.25) is 13.9 Å². The highest BCUT2D eigenvalue weighted by Gasteiger charge is 2.24. The number of piperazine rings is 1. The molecule has 2 rings (SSSR count). The van der Waals surface area contributed by atoms with Gasteiger partial charge in [0.15, 0.2) is 0 Å². The van der Waals surface area contributed by atoms with Crippen LogP contribution in [0.15, 0.2) is 24.3 Å². The number of nitriles is 1. The minimum Gasteiger partial charge on any atom is -0.342 e. The molecule has 2 amide bonds. The molecule has 25 heavy (non-hydrogen) atoms. The summed E-state index contributed by atoms with van der Waals surface area (Å²) in [4.78, 5) is 26.3. The maximum atomic E-state index is 12.3. The normalized spacial score (nSPS) is 14.7. The third-order valence-corrected chi connectivity index (χ3v) is 5.22. The van der Waals surface area contributed by atoms with E-state index >= 15 is 0 Å². The van der Waals surface area contributed by atoms with Crippen LogP contribution in [0.25, 0.3) is 0 Å². The monoisotopic (exact) mass is 364 g/mol. The molecule has 0 unspecified atom stereocenters. The fourth-order valence-electron chi connectivity index (χ4n) is 2.68. The number of anilines is 1. The maximum absolute atomic E-state index is 12.3. The molecule has 8 nitrogen and oxygen atoms in total. The number of nitrogens with zero attached hydrogens (tertiary/aromatic N) is 4. The van der Waals surface area contributed by atoms with Gasteiger partial charge >= 0.3 is 0 Å². The van der Waals surface area contributed by atoms with Crippen molar-refractivity contribution in [3.63, 3.8) is 0 Å². The smallest absolute Gasteiger partial charge is 0.232 e. The van der Waals surface area contributed by atoms with Crippen LogP contribution >= 0.6 is 0 Å². The Bertz CT molecular complexity index is 780. The van der Waals surface area contributed by atoms with Crippen molar-refractivity contribution in [3.05, 3.63) is 29.8 Å². The van der Waals surface area contributed by atoms with E-state index in [2.05, 4.69) is 0 Å². The average Bonchev–Trinajstić information content (AvgIpc) is 2.61. The largest absolute Gasteiger partial charge is 0.342 e. The van der Waals surface area contributed by atoms with Crippen LogP contribution in [-0.2, 0) is 19.6 Å². The van der Waals surface area contributed by atoms with Crippen molar-refractivity contribution in [3.8, 4) is 6.07 Å². The molecule has 0 saturated carbocycles. The van der Waals surface area contributed by atoms with E-state index in [4.69, 9.17) is 0 Å². The summed E-state index contributed by atoms with van der Waals surface area (Å²) in [5.41, 5.74) is 0.506. The summed E-state index contributed by atoms with van der Waals surface area (Å²) >= 11 is 0. The first-order valence-corrected chi connectivity index (χ1v) is 9.65. The predicted octanol–water partition coefficient (Wildman–Crippen LogP) is 0.0150. The molecule has 0 spiro atoms. The number of benzene rings is 1. The number of hydrogen-bond donors (Lipinski definition) is 0. The summed E-state index contributed by atoms with van der Waals surface area (Å²) in [6, 6.07) is 8.36. The molecule has 134 valence electrons. The summed E-state index contributed by atoms with van der Waals surface area (Å²) in [6.07, 6.45) is 1.81. The molecule has 0 radical (unpaired) electrons. The Kier molecular flexibility index (Phi) is 5.98. The summed E-state index contributed by atoms with van der Waals surface area (Å²) in [7, 11) is -3.63. The molecule has 1 aliphatic heterocycles. The average molecular weight is 364 g/mol. The molecule has 9 heteroatoms. The molecule has 1 saturated heterocycles. The van der Waals surface area contributed by atoms with Crippen molar-refractivity contribution in [2.24, 2.45) is 0 Å². The van der Waals surface area contributed by atoms with Gasteiger partial charge in [-0.1, -0.05) is 12.1 Å². The van der Waals surface area contributed by atoms with Crippen LogP contribution in [0.2, 0.25) is 0 Å². The molecule has 0 bridgehead atoms. The van der Waals surface area contributed by atoms with E-state index in [0.29, 0.717) is 26.2 Å². The van der Waals surface area contributed by atoms with Gasteiger partial charge in [0.25, 0.3) is 0 Å². The second-order valence-corrected chi connectivity index (χ2v) is 7.64. The topological polar surface area (TPSA) is 102 Å². The van der Waals surface area contributed by atoms with Gasteiger partial charge in [0, 0.05) is 39.1 Å². The van der Waals surface area contributed by atoms with Crippen LogP contribution in [0.3, 0.4) is 0 Å². The molecule has 1 aromatic rings. The van der Waals surface area contributed by atoms with Crippen LogP contribution < -0.4 is 4.31 Å². The molecule has 1 heterocycles. The number of carbonyl (C=O) groups excluding carboxylic acids is 2. The maximum Gasteiger partial charge on any atom is 0.232 e. The van der Waals surface area contributed by atoms with Gasteiger partial charge in [-0.15, -0.1) is 0 Å². The fraction of sp³-hybridized carbons (Fsp3) is 0.438. The SMILES string of the molecule is CS(=O)(=O)N(CCC(=O)N1CCN(C=O)CC1)c1ccccc1C#N. The molecular formula is C16H20N4O4S. The highest BCUT2D eigenvalue weighted by Crippen LogP contribution is 2.22. The van der Waals surface area contributed by atoms with Crippen LogP contribution in [0, 0.1) is 11.3 Å². The second-order valence-electron chi connectivity index (χ2n) is 5.74. The zero-order chi connectivity index (χ0) is 18.4. The molecule has 0 atom stereocenters. The number of sulfonamides is 1. The van der Waals surface area contributed by atoms with E-state index in [1.165, 1.54) is 6.07 Å². The van der Waals surface area contributed by atoms with Crippen molar-refractivity contribution < 1.29 is 18.0 Å². The molecule has 0 aromatic heterocycles. The predicted molar refractivity (Wildman–Crippen MR) is 92.2 cm³/mol. The lowest BCUT2D eigenvalue weighted by Crippen LogP contribution is -2.48. The van der Waals surface area contributed by atoms with Gasteiger partial charge in [-0.05, 0) is 12.1 Å². The summed E-state index contributed by atoms with van der Waals surface area (Å²) in [6.45, 7) is 1.78. The minimum atomic E-state index is -3.63. The Hall–Kier alpha value is -2.60. The first-order chi connectivity index (χ1) is 11.9. The van der Waals surface area contributed by atoms with Gasteiger partial charge in [0.1, 0.15) is 6.07 Å². The van der Waals surface area contributed by atoms with E-state index in [1.807, 2.05) is 6.07 Å². The molecule has 1 aliphatic rings. The first kappa shape index (κ1) is 18.7. The third-order valence-electron chi connectivity index (χ3n) is 4.04. The zero-order valence-electron chi connectivity index (χ0n) is 14.0. The molecular weight excluding hydrogens is 344 g/mol. The number of rotatable bonds is 6. The lowest BCUT2D eigenvalue weighted by Gasteiger charge is -2.33. The molecule has 1 aromatic carbocycles. The standard InChI is InChI=1S/C16H20N4O4S/c1-25(23,24)20(15-5-3-2-4-14(15)12-17)7-6-16(22)19-10-8-18(13-21)9-11-19/h2-5,13H,6-11H2,1H3. The highest BCUT2D eigenvalue weighted by atomic mass is 32.2. The quantitative estimate of drug-likeness (QED) is 0.662. The number of hydrogen-bond acceptors (Lipinski definition) is 5. The van der Waals surface area contributed by atoms with Crippen molar-refractivity contribution >= 4 is 28.0 Å². The van der Waals surface area contributed by atoms with Gasteiger partial charge in [0.05, 0.1) is 17.5 Å². The highest BCUT2D eigenvalue weighted by molar-refractivity contribution is 7.92. The van der Waals surface area contributed by atoms with Gasteiger partial charge < -0.3 is 9.80 Å². The van der Waals surface area contributed by atoms with Gasteiger partial charge in [-0.2, -0.15) is 5.26 Å². The van der Waals surface area contributed by atoms with Crippen LogP contribution in [0.1, 0.15) is 12.0 Å². The van der Waals surface area contributed by atoms with E-state index < -0.39 is 10.0 Å². The van der Waals surface area contributed by atoms with E-state index in [-0.39, 0.29) is 30.1 Å². The Morgan fingerprint density at radius 2 is 1.92 bits per heavy atom. The number of carbonyl (C=O) groups is 2. The molecule has 1 fully saturated rings. The number of para-hydroxylation sites is 1. The Balaban J connectivity index is 2.08. The van der Waals surface area contributed by atoms with Crippen molar-refractivity contribution in [1.29, 1.82) is 5.26 Å². The van der Waals surface area contributed by atoms with E-state index in [1.54, 1.807) is 28.0 Å². The van der Waals surface area contributed by atoms with Gasteiger partial charge in [0.2, 0.25) is 22.3 Å². The van der Waals surface area contributed by atoms with Crippen LogP contribution in [0.5, 0.6) is 0 Å². The Morgan fingerprint density at radius 1 is 1.28 bits per heavy atom. The number of amides is 2. The fourth-order valence-corrected chi connectivity index (χ4v) is 3.62. The minimum absolute atomic E-state index is 0.00786. The van der Waals surface area contributed by atoms with Crippen molar-refractivity contribution in [2.75, 3.05) is 43.3 Å². The zero-order valence-corrected chi connectivity index (χ0v) is 14.8. The van der Waals surface area contributed by atoms with E-state index in [9.17, 15) is 23.3 Å². The van der Waals surface area contributed by atoms with Crippen LogP contribution in [-0.4, -0.2) is 69.5 Å².